The van der Waals surface area contributed by atoms with Crippen LogP contribution in [0.5, 0.6) is 0 Å². The van der Waals surface area contributed by atoms with Gasteiger partial charge in [-0.3, -0.25) is 0 Å². The Labute approximate surface area is 56.1 Å². The van der Waals surface area contributed by atoms with Crippen LogP contribution in [0, 0.1) is 0 Å². The van der Waals surface area contributed by atoms with Crippen molar-refractivity contribution in [2.45, 2.75) is 18.0 Å². The average Bonchev–Trinajstić information content (AvgIpc) is 1.64. The predicted molar refractivity (Wildman–Crippen MR) is 36.7 cm³/mol. The second-order valence-electron chi connectivity index (χ2n) is 1.72. The lowest BCUT2D eigenvalue weighted by Crippen LogP contribution is -2.20. The summed E-state index contributed by atoms with van der Waals surface area (Å²) in [7, 11) is 2.96. The Bertz CT molecular complexity index is 70.4. The monoisotopic (exact) mass is 152 g/mol. The summed E-state index contributed by atoms with van der Waals surface area (Å²) in [6.07, 6.45) is 0.230. The summed E-state index contributed by atoms with van der Waals surface area (Å²) in [6.45, 7) is 0. The van der Waals surface area contributed by atoms with E-state index < -0.39 is 0 Å². The minimum absolute atomic E-state index is 0.295. The van der Waals surface area contributed by atoms with Gasteiger partial charge in [0, 0.05) is 12.2 Å². The molecule has 0 radical (unpaired) electrons. The van der Waals surface area contributed by atoms with E-state index in [1.807, 2.05) is 0 Å². The van der Waals surface area contributed by atoms with E-state index in [-0.39, 0.29) is 11.5 Å². The Morgan fingerprint density at radius 2 is 2.12 bits per heavy atom. The van der Waals surface area contributed by atoms with Crippen molar-refractivity contribution < 1.29 is 10.2 Å². The number of aliphatic hydroxyl groups excluding tert-OH is 2. The summed E-state index contributed by atoms with van der Waals surface area (Å²) in [5, 5.41) is 17.7. The third-order valence-electron chi connectivity index (χ3n) is 0.913. The molecule has 48 valence electrons. The van der Waals surface area contributed by atoms with Gasteiger partial charge in [0.1, 0.15) is 5.44 Å². The zero-order valence-electron chi connectivity index (χ0n) is 4.28. The highest BCUT2D eigenvalue weighted by Crippen LogP contribution is 2.33. The molecule has 1 saturated heterocycles. The molecule has 0 spiro atoms. The predicted octanol–water partition coefficient (Wildman–Crippen LogP) is 0.451. The van der Waals surface area contributed by atoms with Crippen molar-refractivity contribution in [1.82, 2.24) is 0 Å². The Balaban J connectivity index is 2.23. The third-order valence-corrected chi connectivity index (χ3v) is 3.47. The molecule has 0 amide bonds. The molecule has 1 rings (SSSR count). The smallest absolute Gasteiger partial charge is 0.112 e. The van der Waals surface area contributed by atoms with E-state index in [9.17, 15) is 0 Å². The van der Waals surface area contributed by atoms with Crippen LogP contribution in [-0.4, -0.2) is 27.5 Å². The Hall–Kier alpha value is 0.620. The number of hydrogen-bond acceptors (Lipinski definition) is 4. The number of rotatable bonds is 0. The van der Waals surface area contributed by atoms with Crippen LogP contribution in [0.2, 0.25) is 0 Å². The summed E-state index contributed by atoms with van der Waals surface area (Å²) < 4.78 is 0. The first-order valence-corrected chi connectivity index (χ1v) is 4.81. The highest BCUT2D eigenvalue weighted by Gasteiger charge is 2.18. The van der Waals surface area contributed by atoms with Gasteiger partial charge in [0.05, 0.1) is 6.10 Å². The second-order valence-corrected chi connectivity index (χ2v) is 4.32. The summed E-state index contributed by atoms with van der Waals surface area (Å²) in [6, 6.07) is 0. The molecule has 0 aromatic carbocycles. The van der Waals surface area contributed by atoms with Crippen molar-refractivity contribution in [3.05, 3.63) is 0 Å². The van der Waals surface area contributed by atoms with Crippen molar-refractivity contribution in [3.63, 3.8) is 0 Å². The zero-order chi connectivity index (χ0) is 5.98. The summed E-state index contributed by atoms with van der Waals surface area (Å²) in [5.41, 5.74) is -0.358. The quantitative estimate of drug-likeness (QED) is 0.494. The molecule has 2 atom stereocenters. The van der Waals surface area contributed by atoms with Gasteiger partial charge in [0.25, 0.3) is 0 Å². The van der Waals surface area contributed by atoms with E-state index in [2.05, 4.69) is 0 Å². The topological polar surface area (TPSA) is 40.5 Å². The summed E-state index contributed by atoms with van der Waals surface area (Å²) in [5.74, 6) is 0.752. The third kappa shape index (κ3) is 1.85. The first-order valence-electron chi connectivity index (χ1n) is 2.43. The molecule has 2 nitrogen and oxygen atoms in total. The number of aliphatic hydroxyl groups is 2. The lowest BCUT2D eigenvalue weighted by atomic mass is 10.3. The molecule has 0 aliphatic carbocycles. The molecule has 8 heavy (non-hydrogen) atoms. The maximum atomic E-state index is 8.89. The van der Waals surface area contributed by atoms with Crippen LogP contribution in [-0.2, 0) is 0 Å². The summed E-state index contributed by atoms with van der Waals surface area (Å²) >= 11 is 0. The van der Waals surface area contributed by atoms with Gasteiger partial charge in [-0.25, -0.2) is 0 Å². The van der Waals surface area contributed by atoms with E-state index in [4.69, 9.17) is 10.2 Å². The minimum atomic E-state index is -0.358. The lowest BCUT2D eigenvalue weighted by molar-refractivity contribution is 0.137. The van der Waals surface area contributed by atoms with Crippen molar-refractivity contribution in [2.24, 2.45) is 0 Å². The fraction of sp³-hybridized carbons (Fsp3) is 1.00. The normalized spacial score (nSPS) is 39.8. The van der Waals surface area contributed by atoms with E-state index >= 15 is 0 Å². The minimum Gasteiger partial charge on any atom is -0.392 e. The Morgan fingerprint density at radius 3 is 2.50 bits per heavy atom. The first-order chi connectivity index (χ1) is 3.79. The van der Waals surface area contributed by atoms with Crippen molar-refractivity contribution in [3.8, 4) is 0 Å². The Morgan fingerprint density at radius 1 is 1.38 bits per heavy atom. The standard InChI is InChI=1S/C4H8O2S2/c5-3-1-4(6)8-7-2-3/h3-6H,1-2H2. The molecule has 1 fully saturated rings. The molecule has 2 N–H and O–H groups in total. The van der Waals surface area contributed by atoms with Crippen LogP contribution in [0.15, 0.2) is 0 Å². The van der Waals surface area contributed by atoms with Crippen molar-refractivity contribution in [2.75, 3.05) is 5.75 Å². The van der Waals surface area contributed by atoms with Gasteiger partial charge in [-0.15, -0.1) is 0 Å². The van der Waals surface area contributed by atoms with Gasteiger partial charge in [-0.1, -0.05) is 21.6 Å². The second kappa shape index (κ2) is 2.96. The molecular weight excluding hydrogens is 144 g/mol. The maximum Gasteiger partial charge on any atom is 0.112 e. The zero-order valence-corrected chi connectivity index (χ0v) is 5.91. The maximum absolute atomic E-state index is 8.89. The van der Waals surface area contributed by atoms with Gasteiger partial charge in [-0.2, -0.15) is 0 Å². The van der Waals surface area contributed by atoms with Gasteiger partial charge >= 0.3 is 0 Å². The van der Waals surface area contributed by atoms with Crippen molar-refractivity contribution >= 4 is 21.6 Å². The van der Waals surface area contributed by atoms with Crippen molar-refractivity contribution in [1.29, 1.82) is 0 Å². The van der Waals surface area contributed by atoms with Crippen LogP contribution in [0.25, 0.3) is 0 Å². The van der Waals surface area contributed by atoms with E-state index in [1.165, 1.54) is 21.6 Å². The molecule has 2 unspecified atom stereocenters. The fourth-order valence-electron chi connectivity index (χ4n) is 0.536. The van der Waals surface area contributed by atoms with E-state index in [0.717, 1.165) is 5.75 Å². The molecule has 1 aliphatic heterocycles. The first kappa shape index (κ1) is 6.74. The molecule has 1 aliphatic rings. The molecule has 1 heterocycles. The Kier molecular flexibility index (Phi) is 2.49. The average molecular weight is 152 g/mol. The van der Waals surface area contributed by atoms with Crippen LogP contribution < -0.4 is 0 Å². The summed E-state index contributed by atoms with van der Waals surface area (Å²) in [4.78, 5) is 0. The van der Waals surface area contributed by atoms with Gasteiger partial charge in [-0.05, 0) is 0 Å². The van der Waals surface area contributed by atoms with Crippen LogP contribution in [0.3, 0.4) is 0 Å². The fourth-order valence-corrected chi connectivity index (χ4v) is 2.78. The van der Waals surface area contributed by atoms with Gasteiger partial charge in [0.2, 0.25) is 0 Å². The van der Waals surface area contributed by atoms with Gasteiger partial charge in [0.15, 0.2) is 0 Å². The van der Waals surface area contributed by atoms with Gasteiger partial charge < -0.3 is 10.2 Å². The number of hydrogen-bond donors (Lipinski definition) is 2. The molecule has 0 aromatic rings. The highest BCUT2D eigenvalue weighted by molar-refractivity contribution is 8.77. The molecule has 0 saturated carbocycles. The molecule has 0 aromatic heterocycles. The SMILES string of the molecule is OC1CSSC(O)C1. The lowest BCUT2D eigenvalue weighted by Gasteiger charge is -2.19. The molecule has 4 heteroatoms. The van der Waals surface area contributed by atoms with Crippen LogP contribution in [0.1, 0.15) is 6.42 Å². The molecule has 0 bridgehead atoms. The van der Waals surface area contributed by atoms with Crippen LogP contribution in [0.4, 0.5) is 0 Å². The van der Waals surface area contributed by atoms with E-state index in [1.54, 1.807) is 0 Å². The highest BCUT2D eigenvalue weighted by atomic mass is 33.1. The largest absolute Gasteiger partial charge is 0.392 e. The van der Waals surface area contributed by atoms with E-state index in [0.29, 0.717) is 6.42 Å². The van der Waals surface area contributed by atoms with Crippen LogP contribution >= 0.6 is 21.6 Å². The molecular formula is C4H8O2S2.